The van der Waals surface area contributed by atoms with Crippen LogP contribution in [0.25, 0.3) is 0 Å². The fourth-order valence-electron chi connectivity index (χ4n) is 2.42. The van der Waals surface area contributed by atoms with E-state index in [9.17, 15) is 9.59 Å². The summed E-state index contributed by atoms with van der Waals surface area (Å²) in [6, 6.07) is 10.0. The molecule has 120 valence electrons. The third kappa shape index (κ3) is 5.13. The standard InChI is InChI=1S/C16H23N3O3/c1-22-10-9-18(11-14-5-3-2-4-6-14)13-16(21)19-8-7-17-15(20)12-19/h2-6H,7-13H2,1H3,(H,17,20). The topological polar surface area (TPSA) is 61.9 Å². The van der Waals surface area contributed by atoms with Gasteiger partial charge in [0.2, 0.25) is 11.8 Å². The summed E-state index contributed by atoms with van der Waals surface area (Å²) in [5.41, 5.74) is 1.16. The second-order valence-corrected chi connectivity index (χ2v) is 5.35. The lowest BCUT2D eigenvalue weighted by molar-refractivity contribution is -0.139. The van der Waals surface area contributed by atoms with Gasteiger partial charge in [0.1, 0.15) is 0 Å². The first kappa shape index (κ1) is 16.5. The van der Waals surface area contributed by atoms with Crippen molar-refractivity contribution in [2.75, 3.05) is 46.4 Å². The highest BCUT2D eigenvalue weighted by atomic mass is 16.5. The molecule has 1 fully saturated rings. The fourth-order valence-corrected chi connectivity index (χ4v) is 2.42. The molecule has 1 heterocycles. The molecule has 0 aliphatic carbocycles. The Balaban J connectivity index is 1.93. The van der Waals surface area contributed by atoms with Gasteiger partial charge in [0, 0.05) is 33.3 Å². The molecular weight excluding hydrogens is 282 g/mol. The smallest absolute Gasteiger partial charge is 0.239 e. The predicted molar refractivity (Wildman–Crippen MR) is 83.2 cm³/mol. The molecule has 1 aliphatic heterocycles. The molecule has 1 aliphatic rings. The summed E-state index contributed by atoms with van der Waals surface area (Å²) in [6.07, 6.45) is 0. The number of nitrogens with zero attached hydrogens (tertiary/aromatic N) is 2. The molecule has 0 unspecified atom stereocenters. The number of methoxy groups -OCH3 is 1. The van der Waals surface area contributed by atoms with Crippen molar-refractivity contribution in [3.8, 4) is 0 Å². The van der Waals surface area contributed by atoms with Crippen molar-refractivity contribution in [1.82, 2.24) is 15.1 Å². The lowest BCUT2D eigenvalue weighted by Gasteiger charge is -2.29. The van der Waals surface area contributed by atoms with Gasteiger partial charge in [-0.1, -0.05) is 30.3 Å². The number of carbonyl (C=O) groups is 2. The van der Waals surface area contributed by atoms with Crippen molar-refractivity contribution >= 4 is 11.8 Å². The summed E-state index contributed by atoms with van der Waals surface area (Å²) in [6.45, 7) is 3.50. The van der Waals surface area contributed by atoms with Crippen LogP contribution in [-0.4, -0.2) is 68.1 Å². The van der Waals surface area contributed by atoms with Crippen LogP contribution in [0, 0.1) is 0 Å². The van der Waals surface area contributed by atoms with Crippen LogP contribution < -0.4 is 5.32 Å². The Morgan fingerprint density at radius 3 is 2.82 bits per heavy atom. The summed E-state index contributed by atoms with van der Waals surface area (Å²) in [5.74, 6) is -0.104. The summed E-state index contributed by atoms with van der Waals surface area (Å²) in [5, 5.41) is 2.73. The van der Waals surface area contributed by atoms with Crippen molar-refractivity contribution in [1.29, 1.82) is 0 Å². The molecule has 0 radical (unpaired) electrons. The van der Waals surface area contributed by atoms with Gasteiger partial charge in [0.05, 0.1) is 19.7 Å². The molecule has 2 rings (SSSR count). The SMILES string of the molecule is COCCN(CC(=O)N1CCNC(=O)C1)Cc1ccccc1. The highest BCUT2D eigenvalue weighted by Crippen LogP contribution is 2.06. The number of hydrogen-bond donors (Lipinski definition) is 1. The Kier molecular flexibility index (Phi) is 6.36. The molecule has 0 atom stereocenters. The first-order valence-corrected chi connectivity index (χ1v) is 7.48. The highest BCUT2D eigenvalue weighted by molar-refractivity contribution is 5.86. The molecule has 0 aromatic heterocycles. The number of benzene rings is 1. The normalized spacial score (nSPS) is 15.0. The van der Waals surface area contributed by atoms with Crippen LogP contribution in [0.3, 0.4) is 0 Å². The number of hydrogen-bond acceptors (Lipinski definition) is 4. The van der Waals surface area contributed by atoms with Crippen LogP contribution in [-0.2, 0) is 20.9 Å². The van der Waals surface area contributed by atoms with E-state index >= 15 is 0 Å². The number of piperazine rings is 1. The van der Waals surface area contributed by atoms with Crippen molar-refractivity contribution < 1.29 is 14.3 Å². The molecule has 1 aromatic rings. The molecule has 0 saturated carbocycles. The van der Waals surface area contributed by atoms with Crippen LogP contribution in [0.4, 0.5) is 0 Å². The number of amides is 2. The maximum absolute atomic E-state index is 12.4. The number of rotatable bonds is 7. The second kappa shape index (κ2) is 8.51. The number of nitrogens with one attached hydrogen (secondary N) is 1. The predicted octanol–water partition coefficient (Wildman–Crippen LogP) is 0.0934. The van der Waals surface area contributed by atoms with Crippen molar-refractivity contribution in [2.24, 2.45) is 0 Å². The van der Waals surface area contributed by atoms with E-state index in [-0.39, 0.29) is 18.4 Å². The van der Waals surface area contributed by atoms with Gasteiger partial charge in [0.15, 0.2) is 0 Å². The first-order valence-electron chi connectivity index (χ1n) is 7.48. The van der Waals surface area contributed by atoms with Gasteiger partial charge >= 0.3 is 0 Å². The zero-order valence-electron chi connectivity index (χ0n) is 13.0. The van der Waals surface area contributed by atoms with Crippen LogP contribution in [0.2, 0.25) is 0 Å². The average molecular weight is 305 g/mol. The van der Waals surface area contributed by atoms with Gasteiger partial charge in [-0.15, -0.1) is 0 Å². The van der Waals surface area contributed by atoms with Gasteiger partial charge in [-0.3, -0.25) is 14.5 Å². The number of carbonyl (C=O) groups excluding carboxylic acids is 2. The largest absolute Gasteiger partial charge is 0.383 e. The third-order valence-electron chi connectivity index (χ3n) is 3.61. The Morgan fingerprint density at radius 2 is 2.14 bits per heavy atom. The molecule has 6 nitrogen and oxygen atoms in total. The molecule has 0 spiro atoms. The zero-order valence-corrected chi connectivity index (χ0v) is 13.0. The average Bonchev–Trinajstić information content (AvgIpc) is 2.53. The maximum Gasteiger partial charge on any atom is 0.239 e. The molecule has 6 heteroatoms. The van der Waals surface area contributed by atoms with Crippen LogP contribution in [0.1, 0.15) is 5.56 Å². The van der Waals surface area contributed by atoms with Crippen molar-refractivity contribution in [2.45, 2.75) is 6.54 Å². The third-order valence-corrected chi connectivity index (χ3v) is 3.61. The van der Waals surface area contributed by atoms with E-state index in [1.54, 1.807) is 12.0 Å². The van der Waals surface area contributed by atoms with E-state index in [0.717, 1.165) is 5.56 Å². The van der Waals surface area contributed by atoms with Gasteiger partial charge < -0.3 is 15.0 Å². The maximum atomic E-state index is 12.4. The molecule has 1 aromatic carbocycles. The minimum absolute atomic E-state index is 0.0121. The lowest BCUT2D eigenvalue weighted by Crippen LogP contribution is -2.52. The minimum atomic E-state index is -0.0916. The van der Waals surface area contributed by atoms with Gasteiger partial charge in [-0.25, -0.2) is 0 Å². The van der Waals surface area contributed by atoms with E-state index in [2.05, 4.69) is 5.32 Å². The highest BCUT2D eigenvalue weighted by Gasteiger charge is 2.22. The Morgan fingerprint density at radius 1 is 1.36 bits per heavy atom. The molecule has 1 saturated heterocycles. The molecule has 1 N–H and O–H groups in total. The van der Waals surface area contributed by atoms with E-state index in [4.69, 9.17) is 4.74 Å². The summed E-state index contributed by atoms with van der Waals surface area (Å²) in [7, 11) is 1.65. The lowest BCUT2D eigenvalue weighted by atomic mass is 10.2. The van der Waals surface area contributed by atoms with Crippen molar-refractivity contribution in [3.63, 3.8) is 0 Å². The Hall–Kier alpha value is -1.92. The summed E-state index contributed by atoms with van der Waals surface area (Å²) in [4.78, 5) is 27.4. The van der Waals surface area contributed by atoms with Gasteiger partial charge in [-0.05, 0) is 5.56 Å². The summed E-state index contributed by atoms with van der Waals surface area (Å²) >= 11 is 0. The molecule has 0 bridgehead atoms. The molecular formula is C16H23N3O3. The zero-order chi connectivity index (χ0) is 15.8. The monoisotopic (exact) mass is 305 g/mol. The van der Waals surface area contributed by atoms with Crippen LogP contribution in [0.5, 0.6) is 0 Å². The van der Waals surface area contributed by atoms with E-state index < -0.39 is 0 Å². The second-order valence-electron chi connectivity index (χ2n) is 5.35. The molecule has 22 heavy (non-hydrogen) atoms. The van der Waals surface area contributed by atoms with Crippen LogP contribution in [0.15, 0.2) is 30.3 Å². The van der Waals surface area contributed by atoms with E-state index in [1.807, 2.05) is 35.2 Å². The quantitative estimate of drug-likeness (QED) is 0.776. The Bertz CT molecular complexity index is 493. The summed E-state index contributed by atoms with van der Waals surface area (Å²) < 4.78 is 5.12. The first-order chi connectivity index (χ1) is 10.7. The minimum Gasteiger partial charge on any atom is -0.383 e. The fraction of sp³-hybridized carbons (Fsp3) is 0.500. The van der Waals surface area contributed by atoms with Gasteiger partial charge in [-0.2, -0.15) is 0 Å². The Labute approximate surface area is 131 Å². The van der Waals surface area contributed by atoms with E-state index in [0.29, 0.717) is 39.3 Å². The van der Waals surface area contributed by atoms with Gasteiger partial charge in [0.25, 0.3) is 0 Å². The van der Waals surface area contributed by atoms with Crippen molar-refractivity contribution in [3.05, 3.63) is 35.9 Å². The van der Waals surface area contributed by atoms with Crippen LogP contribution >= 0.6 is 0 Å². The van der Waals surface area contributed by atoms with E-state index in [1.165, 1.54) is 0 Å². The number of ether oxygens (including phenoxy) is 1. The molecule has 2 amide bonds.